The number of Topliss-reactive ketones (excluding diaryl/α,β-unsaturated/α-hetero) is 1. The molecule has 7 nitrogen and oxygen atoms in total. The summed E-state index contributed by atoms with van der Waals surface area (Å²) in [5.74, 6) is 0.738. The van der Waals surface area contributed by atoms with Crippen LogP contribution in [0.2, 0.25) is 0 Å². The number of carbonyl (C=O) groups is 2. The van der Waals surface area contributed by atoms with Gasteiger partial charge in [-0.05, 0) is 25.5 Å². The number of H-pyrrole nitrogens is 2. The Morgan fingerprint density at radius 2 is 2.00 bits per heavy atom. The Kier molecular flexibility index (Phi) is 5.37. The van der Waals surface area contributed by atoms with Crippen LogP contribution in [0.15, 0.2) is 24.4 Å². The zero-order valence-electron chi connectivity index (χ0n) is 15.5. The van der Waals surface area contributed by atoms with Crippen molar-refractivity contribution in [3.63, 3.8) is 0 Å². The number of rotatable bonds is 5. The van der Waals surface area contributed by atoms with Crippen molar-refractivity contribution in [2.45, 2.75) is 13.8 Å². The van der Waals surface area contributed by atoms with Gasteiger partial charge in [0.1, 0.15) is 32.7 Å². The van der Waals surface area contributed by atoms with E-state index in [9.17, 15) is 9.59 Å². The highest BCUT2D eigenvalue weighted by molar-refractivity contribution is 6.01. The highest BCUT2D eigenvalue weighted by Gasteiger charge is 2.29. The molecule has 1 aliphatic rings. The van der Waals surface area contributed by atoms with Crippen LogP contribution in [0.3, 0.4) is 0 Å². The Balaban J connectivity index is 1.62. The van der Waals surface area contributed by atoms with Crippen molar-refractivity contribution in [3.05, 3.63) is 46.9 Å². The first kappa shape index (κ1) is 18.1. The number of hydrogen-bond acceptors (Lipinski definition) is 4. The van der Waals surface area contributed by atoms with Gasteiger partial charge in [0, 0.05) is 11.8 Å². The Morgan fingerprint density at radius 1 is 1.27 bits per heavy atom. The summed E-state index contributed by atoms with van der Waals surface area (Å²) >= 11 is 0. The number of aromatic nitrogens is 2. The molecule has 2 aromatic rings. The lowest BCUT2D eigenvalue weighted by molar-refractivity contribution is -0.892. The lowest BCUT2D eigenvalue weighted by atomic mass is 10.1. The van der Waals surface area contributed by atoms with Crippen molar-refractivity contribution in [1.82, 2.24) is 4.98 Å². The second kappa shape index (κ2) is 7.70. The Morgan fingerprint density at radius 3 is 2.62 bits per heavy atom. The van der Waals surface area contributed by atoms with Gasteiger partial charge in [0.05, 0.1) is 24.6 Å². The molecule has 0 unspecified atom stereocenters. The molecule has 0 spiro atoms. The molecule has 0 bridgehead atoms. The van der Waals surface area contributed by atoms with Crippen molar-refractivity contribution in [1.29, 1.82) is 0 Å². The number of pyridine rings is 1. The normalized spacial score (nSPS) is 15.1. The van der Waals surface area contributed by atoms with E-state index in [1.807, 2.05) is 18.3 Å². The second-order valence-electron chi connectivity index (χ2n) is 6.70. The number of hydrogen-bond donors (Lipinski definition) is 2. The molecule has 26 heavy (non-hydrogen) atoms. The molecule has 0 aliphatic carbocycles. The van der Waals surface area contributed by atoms with E-state index in [0.29, 0.717) is 29.1 Å². The van der Waals surface area contributed by atoms with Gasteiger partial charge in [-0.1, -0.05) is 6.07 Å². The van der Waals surface area contributed by atoms with E-state index >= 15 is 0 Å². The third kappa shape index (κ3) is 3.62. The number of quaternary nitrogens is 1. The number of ether oxygens (including phenoxy) is 1. The van der Waals surface area contributed by atoms with Gasteiger partial charge in [-0.25, -0.2) is 9.78 Å². The summed E-state index contributed by atoms with van der Waals surface area (Å²) in [5.41, 5.74) is 2.35. The predicted molar refractivity (Wildman–Crippen MR) is 96.7 cm³/mol. The summed E-state index contributed by atoms with van der Waals surface area (Å²) in [6.07, 6.45) is 1.92. The van der Waals surface area contributed by atoms with E-state index in [2.05, 4.69) is 20.9 Å². The number of anilines is 1. The Labute approximate surface area is 153 Å². The van der Waals surface area contributed by atoms with Crippen LogP contribution in [-0.4, -0.2) is 56.6 Å². The fourth-order valence-electron chi connectivity index (χ4n) is 3.57. The van der Waals surface area contributed by atoms with Crippen LogP contribution in [-0.2, 0) is 4.74 Å². The highest BCUT2D eigenvalue weighted by Crippen LogP contribution is 2.19. The van der Waals surface area contributed by atoms with E-state index in [0.717, 1.165) is 32.0 Å². The maximum absolute atomic E-state index is 12.7. The molecular formula is C19H26N4O3+2. The number of piperazine rings is 1. The minimum absolute atomic E-state index is 0.0375. The quantitative estimate of drug-likeness (QED) is 0.574. The van der Waals surface area contributed by atoms with E-state index in [-0.39, 0.29) is 5.78 Å². The highest BCUT2D eigenvalue weighted by atomic mass is 16.5. The van der Waals surface area contributed by atoms with Crippen molar-refractivity contribution >= 4 is 17.6 Å². The number of methoxy groups -OCH3 is 1. The Hall–Kier alpha value is -2.67. The molecule has 138 valence electrons. The van der Waals surface area contributed by atoms with Gasteiger partial charge in [-0.2, -0.15) is 0 Å². The van der Waals surface area contributed by atoms with Gasteiger partial charge >= 0.3 is 5.97 Å². The Bertz CT molecular complexity index is 793. The van der Waals surface area contributed by atoms with Gasteiger partial charge < -0.3 is 14.6 Å². The van der Waals surface area contributed by atoms with Gasteiger partial charge in [0.15, 0.2) is 0 Å². The lowest BCUT2D eigenvalue weighted by Gasteiger charge is -2.27. The van der Waals surface area contributed by atoms with E-state index < -0.39 is 5.97 Å². The monoisotopic (exact) mass is 358 g/mol. The topological polar surface area (TPSA) is 81.0 Å². The number of aromatic amines is 2. The van der Waals surface area contributed by atoms with Crippen molar-refractivity contribution in [2.75, 3.05) is 44.7 Å². The van der Waals surface area contributed by atoms with E-state index in [1.54, 1.807) is 13.8 Å². The van der Waals surface area contributed by atoms with Crippen LogP contribution in [0.25, 0.3) is 0 Å². The molecule has 0 atom stereocenters. The summed E-state index contributed by atoms with van der Waals surface area (Å²) in [6.45, 7) is 7.61. The minimum Gasteiger partial charge on any atom is -0.465 e. The number of aryl methyl sites for hydroxylation is 1. The fraction of sp³-hybridized carbons (Fsp3) is 0.421. The molecule has 0 radical (unpaired) electrons. The van der Waals surface area contributed by atoms with Crippen LogP contribution < -0.4 is 14.8 Å². The maximum atomic E-state index is 12.7. The van der Waals surface area contributed by atoms with Crippen molar-refractivity contribution < 1.29 is 24.2 Å². The van der Waals surface area contributed by atoms with Gasteiger partial charge in [-0.3, -0.25) is 9.69 Å². The van der Waals surface area contributed by atoms with E-state index in [4.69, 9.17) is 4.74 Å². The first-order valence-electron chi connectivity index (χ1n) is 8.87. The average Bonchev–Trinajstić information content (AvgIpc) is 2.97. The summed E-state index contributed by atoms with van der Waals surface area (Å²) in [6, 6.07) is 6.05. The van der Waals surface area contributed by atoms with Crippen LogP contribution in [0, 0.1) is 13.8 Å². The van der Waals surface area contributed by atoms with Crippen LogP contribution >= 0.6 is 0 Å². The average molecular weight is 358 g/mol. The standard InChI is InChI=1S/C19H24N4O3/c1-13-17(19(25)26-3)14(2)21-18(13)15(24)12-22-8-10-23(11-9-22)16-6-4-5-7-20-16/h4-7,21H,8-12H2,1-3H3/p+2. The van der Waals surface area contributed by atoms with Crippen molar-refractivity contribution in [2.24, 2.45) is 0 Å². The minimum atomic E-state index is -0.407. The molecule has 7 heteroatoms. The predicted octanol–water partition coefficient (Wildman–Crippen LogP) is -0.180. The molecule has 1 aliphatic heterocycles. The molecule has 2 aromatic heterocycles. The summed E-state index contributed by atoms with van der Waals surface area (Å²) in [5, 5.41) is 0. The maximum Gasteiger partial charge on any atom is 0.339 e. The molecular weight excluding hydrogens is 332 g/mol. The number of carbonyl (C=O) groups excluding carboxylic acids is 2. The first-order chi connectivity index (χ1) is 12.5. The SMILES string of the molecule is COC(=O)c1c(C)[nH]c(C(=O)C[NH+]2CCN(c3cccc[nH+]3)CC2)c1C. The zero-order chi connectivity index (χ0) is 18.7. The molecule has 0 amide bonds. The van der Waals surface area contributed by atoms with E-state index in [1.165, 1.54) is 12.0 Å². The molecule has 1 saturated heterocycles. The number of nitrogens with zero attached hydrogens (tertiary/aromatic N) is 1. The third-order valence-corrected chi connectivity index (χ3v) is 5.02. The van der Waals surface area contributed by atoms with Crippen LogP contribution in [0.5, 0.6) is 0 Å². The summed E-state index contributed by atoms with van der Waals surface area (Å²) in [7, 11) is 1.35. The fourth-order valence-corrected chi connectivity index (χ4v) is 3.57. The molecule has 3 heterocycles. The zero-order valence-corrected chi connectivity index (χ0v) is 15.5. The van der Waals surface area contributed by atoms with Gasteiger partial charge in [-0.15, -0.1) is 0 Å². The van der Waals surface area contributed by atoms with Gasteiger partial charge in [0.2, 0.25) is 5.78 Å². The second-order valence-corrected chi connectivity index (χ2v) is 6.70. The lowest BCUT2D eigenvalue weighted by Crippen LogP contribution is -3.15. The number of nitrogens with one attached hydrogen (secondary N) is 3. The van der Waals surface area contributed by atoms with Crippen LogP contribution in [0.1, 0.15) is 32.1 Å². The largest absolute Gasteiger partial charge is 0.465 e. The van der Waals surface area contributed by atoms with Crippen molar-refractivity contribution in [3.8, 4) is 0 Å². The first-order valence-corrected chi connectivity index (χ1v) is 8.87. The third-order valence-electron chi connectivity index (χ3n) is 5.02. The molecule has 3 rings (SSSR count). The number of esters is 1. The van der Waals surface area contributed by atoms with Gasteiger partial charge in [0.25, 0.3) is 5.82 Å². The molecule has 1 fully saturated rings. The summed E-state index contributed by atoms with van der Waals surface area (Å²) < 4.78 is 4.81. The molecule has 0 saturated carbocycles. The smallest absolute Gasteiger partial charge is 0.339 e. The molecule has 3 N–H and O–H groups in total. The summed E-state index contributed by atoms with van der Waals surface area (Å²) in [4.78, 5) is 34.5. The number of ketones is 1. The van der Waals surface area contributed by atoms with Crippen LogP contribution in [0.4, 0.5) is 5.82 Å². The molecule has 0 aromatic carbocycles.